The molecule has 0 spiro atoms. The third kappa shape index (κ3) is 47.6. The fourth-order valence-corrected chi connectivity index (χ4v) is 6.88. The van der Waals surface area contributed by atoms with E-state index in [-0.39, 0.29) is 31.1 Å². The summed E-state index contributed by atoms with van der Waals surface area (Å²) in [5.41, 5.74) is 0. The Balaban J connectivity index is 4.38. The number of rotatable bonds is 45. The van der Waals surface area contributed by atoms with Crippen LogP contribution in [0, 0.1) is 0 Å². The molecule has 0 amide bonds. The number of allylic oxidation sites excluding steroid dienone is 14. The van der Waals surface area contributed by atoms with Gasteiger partial charge in [-0.25, -0.2) is 0 Å². The first-order valence-corrected chi connectivity index (χ1v) is 25.6. The zero-order chi connectivity index (χ0) is 45.1. The summed E-state index contributed by atoms with van der Waals surface area (Å²) in [7, 11) is 0. The van der Waals surface area contributed by atoms with Gasteiger partial charge >= 0.3 is 17.9 Å². The Morgan fingerprint density at radius 2 is 0.710 bits per heavy atom. The van der Waals surface area contributed by atoms with E-state index in [4.69, 9.17) is 14.2 Å². The number of unbranched alkanes of at least 4 members (excludes halogenated alkanes) is 23. The van der Waals surface area contributed by atoms with Gasteiger partial charge in [-0.15, -0.1) is 0 Å². The van der Waals surface area contributed by atoms with Crippen LogP contribution < -0.4 is 0 Å². The summed E-state index contributed by atoms with van der Waals surface area (Å²) in [5.74, 6) is -0.933. The van der Waals surface area contributed by atoms with Crippen molar-refractivity contribution in [3.8, 4) is 0 Å². The summed E-state index contributed by atoms with van der Waals surface area (Å²) in [6.07, 6.45) is 64.2. The first-order valence-electron chi connectivity index (χ1n) is 25.6. The third-order valence-corrected chi connectivity index (χ3v) is 10.7. The molecule has 0 aliphatic heterocycles. The van der Waals surface area contributed by atoms with Gasteiger partial charge in [-0.2, -0.15) is 0 Å². The number of hydrogen-bond donors (Lipinski definition) is 0. The maximum Gasteiger partial charge on any atom is 0.306 e. The van der Waals surface area contributed by atoms with E-state index in [1.54, 1.807) is 0 Å². The second kappa shape index (κ2) is 50.2. The molecule has 0 bridgehead atoms. The first-order chi connectivity index (χ1) is 30.5. The van der Waals surface area contributed by atoms with Crippen molar-refractivity contribution in [3.63, 3.8) is 0 Å². The van der Waals surface area contributed by atoms with Crippen molar-refractivity contribution in [3.05, 3.63) is 85.1 Å². The van der Waals surface area contributed by atoms with Crippen LogP contribution >= 0.6 is 0 Å². The van der Waals surface area contributed by atoms with E-state index < -0.39 is 6.10 Å². The Hall–Kier alpha value is -3.41. The largest absolute Gasteiger partial charge is 0.462 e. The summed E-state index contributed by atoms with van der Waals surface area (Å²) < 4.78 is 16.8. The van der Waals surface area contributed by atoms with E-state index in [1.807, 2.05) is 0 Å². The topological polar surface area (TPSA) is 78.9 Å². The summed E-state index contributed by atoms with van der Waals surface area (Å²) >= 11 is 0. The van der Waals surface area contributed by atoms with Gasteiger partial charge in [-0.1, -0.05) is 209 Å². The van der Waals surface area contributed by atoms with Crippen LogP contribution in [-0.2, 0) is 28.6 Å². The van der Waals surface area contributed by atoms with Gasteiger partial charge in [-0.05, 0) is 89.9 Å². The summed E-state index contributed by atoms with van der Waals surface area (Å²) in [4.78, 5) is 37.9. The molecule has 0 aromatic carbocycles. The van der Waals surface area contributed by atoms with Gasteiger partial charge in [0.05, 0.1) is 0 Å². The van der Waals surface area contributed by atoms with Gasteiger partial charge in [-0.3, -0.25) is 14.4 Å². The molecule has 6 heteroatoms. The molecule has 0 saturated heterocycles. The monoisotopic (exact) mass is 863 g/mol. The number of hydrogen-bond acceptors (Lipinski definition) is 6. The van der Waals surface area contributed by atoms with E-state index >= 15 is 0 Å². The van der Waals surface area contributed by atoms with Crippen molar-refractivity contribution >= 4 is 17.9 Å². The second-order valence-corrected chi connectivity index (χ2v) is 16.8. The van der Waals surface area contributed by atoms with Gasteiger partial charge in [0.1, 0.15) is 13.2 Å². The number of carbonyl (C=O) groups is 3. The summed E-state index contributed by atoms with van der Waals surface area (Å²) in [6.45, 7) is 6.33. The average molecular weight is 863 g/mol. The summed E-state index contributed by atoms with van der Waals surface area (Å²) in [6, 6.07) is 0. The third-order valence-electron chi connectivity index (χ3n) is 10.7. The van der Waals surface area contributed by atoms with Crippen LogP contribution in [0.25, 0.3) is 0 Å². The highest BCUT2D eigenvalue weighted by atomic mass is 16.6. The van der Waals surface area contributed by atoms with Gasteiger partial charge in [0.15, 0.2) is 6.10 Å². The van der Waals surface area contributed by atoms with E-state index in [0.29, 0.717) is 19.3 Å². The molecule has 1 atom stereocenters. The molecule has 0 saturated carbocycles. The molecule has 0 fully saturated rings. The van der Waals surface area contributed by atoms with Gasteiger partial charge in [0, 0.05) is 19.3 Å². The van der Waals surface area contributed by atoms with E-state index in [9.17, 15) is 14.4 Å². The lowest BCUT2D eigenvalue weighted by molar-refractivity contribution is -0.167. The maximum atomic E-state index is 12.8. The number of ether oxygens (including phenoxy) is 3. The summed E-state index contributed by atoms with van der Waals surface area (Å²) in [5, 5.41) is 0. The minimum absolute atomic E-state index is 0.0920. The molecule has 0 aliphatic carbocycles. The van der Waals surface area contributed by atoms with Crippen molar-refractivity contribution in [1.29, 1.82) is 0 Å². The predicted molar refractivity (Wildman–Crippen MR) is 265 cm³/mol. The average Bonchev–Trinajstić information content (AvgIpc) is 3.27. The normalized spacial score (nSPS) is 12.8. The van der Waals surface area contributed by atoms with Crippen LogP contribution in [0.3, 0.4) is 0 Å². The Kier molecular flexibility index (Phi) is 47.5. The van der Waals surface area contributed by atoms with E-state index in [1.165, 1.54) is 77.0 Å². The molecule has 62 heavy (non-hydrogen) atoms. The lowest BCUT2D eigenvalue weighted by Crippen LogP contribution is -2.30. The molecule has 6 nitrogen and oxygen atoms in total. The molecular formula is C56H94O6. The van der Waals surface area contributed by atoms with Gasteiger partial charge in [0.2, 0.25) is 0 Å². The highest BCUT2D eigenvalue weighted by Gasteiger charge is 2.19. The molecule has 1 unspecified atom stereocenters. The molecule has 354 valence electrons. The second-order valence-electron chi connectivity index (χ2n) is 16.8. The molecule has 0 rings (SSSR count). The number of carbonyl (C=O) groups excluding carboxylic acids is 3. The minimum atomic E-state index is -0.794. The van der Waals surface area contributed by atoms with Crippen molar-refractivity contribution in [2.75, 3.05) is 13.2 Å². The van der Waals surface area contributed by atoms with Crippen molar-refractivity contribution in [2.24, 2.45) is 0 Å². The van der Waals surface area contributed by atoms with Crippen molar-refractivity contribution in [2.45, 2.75) is 239 Å². The Morgan fingerprint density at radius 3 is 1.16 bits per heavy atom. The van der Waals surface area contributed by atoms with E-state index in [2.05, 4.69) is 106 Å². The minimum Gasteiger partial charge on any atom is -0.462 e. The lowest BCUT2D eigenvalue weighted by atomic mass is 10.1. The smallest absolute Gasteiger partial charge is 0.306 e. The fourth-order valence-electron chi connectivity index (χ4n) is 6.88. The number of esters is 3. The molecule has 0 aromatic heterocycles. The predicted octanol–water partition coefficient (Wildman–Crippen LogP) is 16.8. The molecule has 0 radical (unpaired) electrons. The quantitative estimate of drug-likeness (QED) is 0.0199. The SMILES string of the molecule is CC\C=C/C=C\C=C/CCCCCCCC(=O)OC(COC(=O)CCCCCCC/C=C\C/C=C\CC)COC(=O)CCCCCCCCCCCC/C=C\C=C/CCCCC. The van der Waals surface area contributed by atoms with Gasteiger partial charge < -0.3 is 14.2 Å². The van der Waals surface area contributed by atoms with Crippen molar-refractivity contribution < 1.29 is 28.6 Å². The highest BCUT2D eigenvalue weighted by molar-refractivity contribution is 5.71. The van der Waals surface area contributed by atoms with Crippen LogP contribution in [-0.4, -0.2) is 37.2 Å². The van der Waals surface area contributed by atoms with Crippen LogP contribution in [0.5, 0.6) is 0 Å². The van der Waals surface area contributed by atoms with Crippen molar-refractivity contribution in [1.82, 2.24) is 0 Å². The Labute approximate surface area is 382 Å². The molecule has 0 aromatic rings. The highest BCUT2D eigenvalue weighted by Crippen LogP contribution is 2.14. The lowest BCUT2D eigenvalue weighted by Gasteiger charge is -2.18. The first kappa shape index (κ1) is 58.6. The van der Waals surface area contributed by atoms with Crippen LogP contribution in [0.4, 0.5) is 0 Å². The molecular weight excluding hydrogens is 769 g/mol. The van der Waals surface area contributed by atoms with Gasteiger partial charge in [0.25, 0.3) is 0 Å². The Morgan fingerprint density at radius 1 is 0.355 bits per heavy atom. The molecule has 0 N–H and O–H groups in total. The van der Waals surface area contributed by atoms with Crippen LogP contribution in [0.15, 0.2) is 85.1 Å². The van der Waals surface area contributed by atoms with E-state index in [0.717, 1.165) is 116 Å². The van der Waals surface area contributed by atoms with Crippen LogP contribution in [0.1, 0.15) is 233 Å². The maximum absolute atomic E-state index is 12.8. The zero-order valence-corrected chi connectivity index (χ0v) is 40.4. The zero-order valence-electron chi connectivity index (χ0n) is 40.4. The molecule has 0 heterocycles. The van der Waals surface area contributed by atoms with Crippen LogP contribution in [0.2, 0.25) is 0 Å². The standard InChI is InChI=1S/C56H94O6/c1-4-7-10-13-16-19-22-25-26-27-28-29-30-32-34-37-40-43-46-49-55(58)61-52-53(51-60-54(57)48-45-42-39-36-33-24-21-18-15-12-9-6-3)62-56(59)50-47-44-41-38-35-31-23-20-17-14-11-8-5-2/h8-9,11-12,14,16-23,25,53H,4-7,10,13,15,24,26-52H2,1-3H3/b11-8-,12-9-,17-14-,19-16-,21-18-,23-20-,25-22-. The fraction of sp³-hybridized carbons (Fsp3) is 0.696. The molecule has 0 aliphatic rings. The Bertz CT molecular complexity index is 1220.